The third kappa shape index (κ3) is 4.44. The minimum Gasteiger partial charge on any atom is -0.326 e. The highest BCUT2D eigenvalue weighted by Gasteiger charge is 2.31. The number of anilines is 1. The number of rotatable bonds is 2. The summed E-state index contributed by atoms with van der Waals surface area (Å²) in [5.41, 5.74) is 0.130. The number of amides is 1. The average molecular weight is 221 g/mol. The Kier molecular flexibility index (Phi) is 3.28. The zero-order chi connectivity index (χ0) is 11.5. The summed E-state index contributed by atoms with van der Waals surface area (Å²) in [7, 11) is 0. The second-order valence-electron chi connectivity index (χ2n) is 2.85. The molecule has 1 aromatic carbocycles. The summed E-state index contributed by atoms with van der Waals surface area (Å²) < 4.78 is 47.7. The van der Waals surface area contributed by atoms with Crippen molar-refractivity contribution in [3.63, 3.8) is 0 Å². The van der Waals surface area contributed by atoms with E-state index in [0.29, 0.717) is 0 Å². The van der Waals surface area contributed by atoms with Gasteiger partial charge in [0.1, 0.15) is 12.2 Å². The molecule has 0 aromatic heterocycles. The Morgan fingerprint density at radius 2 is 1.73 bits per heavy atom. The predicted molar refractivity (Wildman–Crippen MR) is 45.7 cm³/mol. The molecule has 1 N–H and O–H groups in total. The van der Waals surface area contributed by atoms with Crippen molar-refractivity contribution in [1.82, 2.24) is 0 Å². The van der Waals surface area contributed by atoms with Gasteiger partial charge in [0.15, 0.2) is 0 Å². The molecule has 15 heavy (non-hydrogen) atoms. The highest BCUT2D eigenvalue weighted by atomic mass is 19.4. The zero-order valence-corrected chi connectivity index (χ0v) is 7.44. The fourth-order valence-corrected chi connectivity index (χ4v) is 0.920. The quantitative estimate of drug-likeness (QED) is 0.764. The van der Waals surface area contributed by atoms with Gasteiger partial charge in [0, 0.05) is 5.69 Å². The number of carbonyl (C=O) groups is 1. The van der Waals surface area contributed by atoms with E-state index in [0.717, 1.165) is 12.1 Å². The fourth-order valence-electron chi connectivity index (χ4n) is 0.920. The van der Waals surface area contributed by atoms with Crippen LogP contribution in [0.15, 0.2) is 24.3 Å². The van der Waals surface area contributed by atoms with Gasteiger partial charge in [-0.2, -0.15) is 13.2 Å². The van der Waals surface area contributed by atoms with Gasteiger partial charge in [-0.05, 0) is 24.3 Å². The molecule has 0 saturated heterocycles. The summed E-state index contributed by atoms with van der Waals surface area (Å²) in [4.78, 5) is 10.8. The number of hydrogen-bond acceptors (Lipinski definition) is 1. The van der Waals surface area contributed by atoms with Crippen LogP contribution in [0.2, 0.25) is 0 Å². The molecule has 0 bridgehead atoms. The lowest BCUT2D eigenvalue weighted by Crippen LogP contribution is -2.21. The number of halogens is 4. The van der Waals surface area contributed by atoms with Crippen LogP contribution in [0.25, 0.3) is 0 Å². The van der Waals surface area contributed by atoms with Crippen LogP contribution in [0.1, 0.15) is 6.42 Å². The van der Waals surface area contributed by atoms with E-state index < -0.39 is 24.3 Å². The third-order valence-electron chi connectivity index (χ3n) is 1.49. The maximum atomic E-state index is 12.4. The molecule has 0 heterocycles. The first-order valence-electron chi connectivity index (χ1n) is 3.99. The lowest BCUT2D eigenvalue weighted by molar-refractivity contribution is -0.150. The molecule has 1 aromatic rings. The van der Waals surface area contributed by atoms with Crippen molar-refractivity contribution in [2.75, 3.05) is 5.32 Å². The summed E-state index contributed by atoms with van der Waals surface area (Å²) in [5, 5.41) is 2.00. The summed E-state index contributed by atoms with van der Waals surface area (Å²) >= 11 is 0. The van der Waals surface area contributed by atoms with Gasteiger partial charge in [0.25, 0.3) is 0 Å². The molecule has 0 unspecified atom stereocenters. The van der Waals surface area contributed by atoms with Crippen molar-refractivity contribution in [2.45, 2.75) is 12.6 Å². The minimum atomic E-state index is -4.54. The number of benzene rings is 1. The molecule has 1 rings (SSSR count). The molecule has 1 amide bonds. The van der Waals surface area contributed by atoms with Gasteiger partial charge in [-0.1, -0.05) is 0 Å². The predicted octanol–water partition coefficient (Wildman–Crippen LogP) is 2.72. The minimum absolute atomic E-state index is 0.130. The highest BCUT2D eigenvalue weighted by molar-refractivity contribution is 5.91. The molecular formula is C9H7F4NO. The van der Waals surface area contributed by atoms with E-state index in [1.54, 1.807) is 0 Å². The van der Waals surface area contributed by atoms with Crippen LogP contribution in [0, 0.1) is 5.82 Å². The SMILES string of the molecule is O=C(CC(F)(F)F)Nc1ccc(F)cc1. The zero-order valence-electron chi connectivity index (χ0n) is 7.44. The number of alkyl halides is 3. The first kappa shape index (κ1) is 11.5. The Hall–Kier alpha value is -1.59. The molecule has 0 aliphatic heterocycles. The second kappa shape index (κ2) is 4.29. The average Bonchev–Trinajstić information content (AvgIpc) is 2.05. The Morgan fingerprint density at radius 3 is 2.20 bits per heavy atom. The number of nitrogens with one attached hydrogen (secondary N) is 1. The molecule has 6 heteroatoms. The van der Waals surface area contributed by atoms with E-state index in [9.17, 15) is 22.4 Å². The van der Waals surface area contributed by atoms with Crippen LogP contribution in [0.3, 0.4) is 0 Å². The maximum absolute atomic E-state index is 12.4. The Balaban J connectivity index is 2.55. The van der Waals surface area contributed by atoms with Crippen molar-refractivity contribution in [1.29, 1.82) is 0 Å². The number of carbonyl (C=O) groups excluding carboxylic acids is 1. The van der Waals surface area contributed by atoms with Gasteiger partial charge in [-0.15, -0.1) is 0 Å². The van der Waals surface area contributed by atoms with Crippen LogP contribution in [0.5, 0.6) is 0 Å². The van der Waals surface area contributed by atoms with E-state index in [1.807, 2.05) is 5.32 Å². The summed E-state index contributed by atoms with van der Waals surface area (Å²) in [6.45, 7) is 0. The van der Waals surface area contributed by atoms with E-state index >= 15 is 0 Å². The second-order valence-corrected chi connectivity index (χ2v) is 2.85. The van der Waals surface area contributed by atoms with Crippen molar-refractivity contribution in [2.24, 2.45) is 0 Å². The molecule has 0 aliphatic carbocycles. The van der Waals surface area contributed by atoms with Gasteiger partial charge >= 0.3 is 6.18 Å². The van der Waals surface area contributed by atoms with Gasteiger partial charge in [0.2, 0.25) is 5.91 Å². The Bertz CT molecular complexity index is 344. The monoisotopic (exact) mass is 221 g/mol. The molecule has 0 spiro atoms. The molecular weight excluding hydrogens is 214 g/mol. The van der Waals surface area contributed by atoms with E-state index in [4.69, 9.17) is 0 Å². The maximum Gasteiger partial charge on any atom is 0.397 e. The largest absolute Gasteiger partial charge is 0.397 e. The van der Waals surface area contributed by atoms with E-state index in [-0.39, 0.29) is 5.69 Å². The molecule has 2 nitrogen and oxygen atoms in total. The van der Waals surface area contributed by atoms with Crippen LogP contribution in [-0.4, -0.2) is 12.1 Å². The van der Waals surface area contributed by atoms with Gasteiger partial charge in [0.05, 0.1) is 0 Å². The standard InChI is InChI=1S/C9H7F4NO/c10-6-1-3-7(4-2-6)14-8(15)5-9(11,12)13/h1-4H,5H2,(H,14,15). The van der Waals surface area contributed by atoms with Crippen molar-refractivity contribution < 1.29 is 22.4 Å². The first-order chi connectivity index (χ1) is 6.87. The third-order valence-corrected chi connectivity index (χ3v) is 1.49. The first-order valence-corrected chi connectivity index (χ1v) is 3.99. The molecule has 0 fully saturated rings. The molecule has 0 atom stereocenters. The van der Waals surface area contributed by atoms with Crippen molar-refractivity contribution in [3.05, 3.63) is 30.1 Å². The van der Waals surface area contributed by atoms with Crippen molar-refractivity contribution >= 4 is 11.6 Å². The van der Waals surface area contributed by atoms with Crippen LogP contribution in [-0.2, 0) is 4.79 Å². The molecule has 0 saturated carbocycles. The lowest BCUT2D eigenvalue weighted by Gasteiger charge is -2.07. The molecule has 0 aliphatic rings. The molecule has 82 valence electrons. The normalized spacial score (nSPS) is 11.2. The topological polar surface area (TPSA) is 29.1 Å². The Morgan fingerprint density at radius 1 is 1.20 bits per heavy atom. The van der Waals surface area contributed by atoms with Gasteiger partial charge in [-0.3, -0.25) is 4.79 Å². The molecule has 0 radical (unpaired) electrons. The van der Waals surface area contributed by atoms with Gasteiger partial charge in [-0.25, -0.2) is 4.39 Å². The fraction of sp³-hybridized carbons (Fsp3) is 0.222. The van der Waals surface area contributed by atoms with Crippen LogP contribution < -0.4 is 5.32 Å². The summed E-state index contributed by atoms with van der Waals surface area (Å²) in [6.07, 6.45) is -6.09. The summed E-state index contributed by atoms with van der Waals surface area (Å²) in [5.74, 6) is -1.70. The smallest absolute Gasteiger partial charge is 0.326 e. The van der Waals surface area contributed by atoms with Crippen molar-refractivity contribution in [3.8, 4) is 0 Å². The van der Waals surface area contributed by atoms with Crippen LogP contribution in [0.4, 0.5) is 23.2 Å². The van der Waals surface area contributed by atoms with Gasteiger partial charge < -0.3 is 5.32 Å². The van der Waals surface area contributed by atoms with E-state index in [1.165, 1.54) is 12.1 Å². The van der Waals surface area contributed by atoms with Crippen LogP contribution >= 0.6 is 0 Å². The highest BCUT2D eigenvalue weighted by Crippen LogP contribution is 2.20. The van der Waals surface area contributed by atoms with E-state index in [2.05, 4.69) is 0 Å². The summed E-state index contributed by atoms with van der Waals surface area (Å²) in [6, 6.07) is 4.46. The Labute approximate surface area is 82.9 Å². The number of hydrogen-bond donors (Lipinski definition) is 1. The lowest BCUT2D eigenvalue weighted by atomic mass is 10.3.